The molecule has 10 atom stereocenters. The molecule has 1 aliphatic heterocycles. The highest BCUT2D eigenvalue weighted by Gasteiger charge is 2.55. The Kier molecular flexibility index (Phi) is 7.47. The molecule has 6 fully saturated rings. The maximum Gasteiger partial charge on any atom is 0.333 e. The molecular weight excluding hydrogens is 463 g/mol. The van der Waals surface area contributed by atoms with E-state index in [9.17, 15) is 0 Å². The highest BCUT2D eigenvalue weighted by molar-refractivity contribution is 7.41. The van der Waals surface area contributed by atoms with Gasteiger partial charge in [-0.25, -0.2) is 0 Å². The number of benzene rings is 1. The third kappa shape index (κ3) is 4.74. The van der Waals surface area contributed by atoms with Crippen molar-refractivity contribution in [2.45, 2.75) is 127 Å². The van der Waals surface area contributed by atoms with Crippen LogP contribution in [0.3, 0.4) is 0 Å². The zero-order valence-corrected chi connectivity index (χ0v) is 23.0. The zero-order chi connectivity index (χ0) is 23.9. The average molecular weight is 511 g/mol. The number of rotatable bonds is 3. The van der Waals surface area contributed by atoms with Gasteiger partial charge in [0.15, 0.2) is 0 Å². The molecule has 0 N–H and O–H groups in total. The summed E-state index contributed by atoms with van der Waals surface area (Å²) in [6, 6.07) is 11.1. The molecular formula is C32H47O3P. The van der Waals surface area contributed by atoms with Crippen LogP contribution in [0.4, 0.5) is 0 Å². The quantitative estimate of drug-likeness (QED) is 0.379. The molecule has 1 saturated heterocycles. The second kappa shape index (κ2) is 11.0. The van der Waals surface area contributed by atoms with E-state index in [1.165, 1.54) is 102 Å². The molecule has 5 aliphatic carbocycles. The van der Waals surface area contributed by atoms with Crippen molar-refractivity contribution >= 4 is 8.60 Å². The number of fused-ring (bicyclic) bond motifs is 7. The number of hydrogen-bond donors (Lipinski definition) is 0. The first-order valence-electron chi connectivity index (χ1n) is 15.7. The summed E-state index contributed by atoms with van der Waals surface area (Å²) in [4.78, 5) is 0. The third-order valence-corrected chi connectivity index (χ3v) is 12.8. The molecule has 0 amide bonds. The van der Waals surface area contributed by atoms with Crippen LogP contribution in [0.25, 0.3) is 0 Å². The van der Waals surface area contributed by atoms with Gasteiger partial charge in [-0.15, -0.1) is 0 Å². The van der Waals surface area contributed by atoms with Gasteiger partial charge < -0.3 is 13.6 Å². The first-order valence-corrected chi connectivity index (χ1v) is 16.8. The van der Waals surface area contributed by atoms with Gasteiger partial charge in [-0.3, -0.25) is 0 Å². The van der Waals surface area contributed by atoms with Gasteiger partial charge in [-0.1, -0.05) is 81.7 Å². The Labute approximate surface area is 220 Å². The molecule has 198 valence electrons. The Balaban J connectivity index is 1.16. The van der Waals surface area contributed by atoms with E-state index in [4.69, 9.17) is 13.6 Å². The fourth-order valence-corrected chi connectivity index (χ4v) is 11.5. The normalized spacial score (nSPS) is 46.9. The minimum Gasteiger partial charge on any atom is -0.309 e. The fraction of sp³-hybridized carbons (Fsp3) is 0.812. The standard InChI is InChI=1S/C32H47O3P/c1-2-10-22(11-3-1)25-14-8-9-17-28(25)33-36-34-29-20-18-23-12-4-6-15-26(23)31(29)32-27-16-7-5-13-24(27)19-21-30(32)35-36/h1-3,10-11,23-32H,4-9,12-21H2/t23?,24?,25-,26?,27?,28+,29?,30?,31?,32?,36?/m0/s1. The molecule has 0 aromatic heterocycles. The van der Waals surface area contributed by atoms with Crippen LogP contribution < -0.4 is 0 Å². The van der Waals surface area contributed by atoms with Gasteiger partial charge >= 0.3 is 8.60 Å². The summed E-state index contributed by atoms with van der Waals surface area (Å²) >= 11 is 0. The molecule has 7 rings (SSSR count). The summed E-state index contributed by atoms with van der Waals surface area (Å²) in [7, 11) is -1.27. The van der Waals surface area contributed by atoms with Crippen LogP contribution >= 0.6 is 8.60 Å². The van der Waals surface area contributed by atoms with E-state index in [0.717, 1.165) is 30.1 Å². The summed E-state index contributed by atoms with van der Waals surface area (Å²) in [5.74, 6) is 5.54. The van der Waals surface area contributed by atoms with Crippen molar-refractivity contribution in [2.24, 2.45) is 35.5 Å². The van der Waals surface area contributed by atoms with E-state index in [0.29, 0.717) is 30.0 Å². The average Bonchev–Trinajstić information content (AvgIpc) is 3.10. The molecule has 1 aromatic carbocycles. The molecule has 0 radical (unpaired) electrons. The monoisotopic (exact) mass is 510 g/mol. The fourth-order valence-electron chi connectivity index (χ4n) is 9.92. The first kappa shape index (κ1) is 24.6. The van der Waals surface area contributed by atoms with Crippen LogP contribution in [0.5, 0.6) is 0 Å². The van der Waals surface area contributed by atoms with Crippen molar-refractivity contribution in [3.05, 3.63) is 35.9 Å². The Bertz CT molecular complexity index is 822. The lowest BCUT2D eigenvalue weighted by atomic mass is 9.53. The van der Waals surface area contributed by atoms with Gasteiger partial charge in [0, 0.05) is 5.92 Å². The van der Waals surface area contributed by atoms with Crippen LogP contribution in [-0.2, 0) is 13.6 Å². The van der Waals surface area contributed by atoms with Gasteiger partial charge in [-0.05, 0) is 92.4 Å². The van der Waals surface area contributed by atoms with Gasteiger partial charge in [0.2, 0.25) is 0 Å². The van der Waals surface area contributed by atoms with Gasteiger partial charge in [0.25, 0.3) is 0 Å². The topological polar surface area (TPSA) is 27.7 Å². The number of hydrogen-bond acceptors (Lipinski definition) is 3. The maximum absolute atomic E-state index is 7.04. The first-order chi connectivity index (χ1) is 17.8. The van der Waals surface area contributed by atoms with Crippen molar-refractivity contribution in [2.75, 3.05) is 0 Å². The molecule has 1 aromatic rings. The molecule has 0 spiro atoms. The molecule has 36 heavy (non-hydrogen) atoms. The van der Waals surface area contributed by atoms with Crippen LogP contribution in [0, 0.1) is 35.5 Å². The van der Waals surface area contributed by atoms with E-state index in [1.807, 2.05) is 0 Å². The molecule has 1 heterocycles. The Morgan fingerprint density at radius 2 is 1.14 bits per heavy atom. The lowest BCUT2D eigenvalue weighted by Gasteiger charge is -2.53. The van der Waals surface area contributed by atoms with Gasteiger partial charge in [0.1, 0.15) is 0 Å². The zero-order valence-electron chi connectivity index (χ0n) is 22.1. The smallest absolute Gasteiger partial charge is 0.309 e. The largest absolute Gasteiger partial charge is 0.333 e. The summed E-state index contributed by atoms with van der Waals surface area (Å²) in [5, 5.41) is 0. The Hall–Kier alpha value is -0.470. The van der Waals surface area contributed by atoms with Crippen molar-refractivity contribution in [3.63, 3.8) is 0 Å². The van der Waals surface area contributed by atoms with Crippen molar-refractivity contribution in [3.8, 4) is 0 Å². The minimum atomic E-state index is -1.27. The van der Waals surface area contributed by atoms with Gasteiger partial charge in [-0.2, -0.15) is 0 Å². The van der Waals surface area contributed by atoms with Crippen LogP contribution in [0.2, 0.25) is 0 Å². The molecule has 4 heteroatoms. The van der Waals surface area contributed by atoms with E-state index >= 15 is 0 Å². The second-order valence-electron chi connectivity index (χ2n) is 13.2. The van der Waals surface area contributed by atoms with E-state index in [1.54, 1.807) is 0 Å². The summed E-state index contributed by atoms with van der Waals surface area (Å²) < 4.78 is 21.1. The second-order valence-corrected chi connectivity index (χ2v) is 14.3. The summed E-state index contributed by atoms with van der Waals surface area (Å²) in [6.07, 6.45) is 22.7. The SMILES string of the molecule is c1ccc([C@@H]2CCCC[C@H]2OP2OC3CCC4CCCCC4C3C3C(CCC4CCCCC43)O2)cc1. The molecule has 3 nitrogen and oxygen atoms in total. The van der Waals surface area contributed by atoms with E-state index in [2.05, 4.69) is 30.3 Å². The van der Waals surface area contributed by atoms with Crippen LogP contribution in [0.15, 0.2) is 30.3 Å². The lowest BCUT2D eigenvalue weighted by molar-refractivity contribution is -0.0856. The van der Waals surface area contributed by atoms with Crippen molar-refractivity contribution in [1.82, 2.24) is 0 Å². The highest BCUT2D eigenvalue weighted by Crippen LogP contribution is 2.62. The van der Waals surface area contributed by atoms with Crippen molar-refractivity contribution < 1.29 is 13.6 Å². The van der Waals surface area contributed by atoms with E-state index in [-0.39, 0.29) is 6.10 Å². The molecule has 0 bridgehead atoms. The summed E-state index contributed by atoms with van der Waals surface area (Å²) in [6.45, 7) is 0. The van der Waals surface area contributed by atoms with Crippen LogP contribution in [0.1, 0.15) is 114 Å². The van der Waals surface area contributed by atoms with Crippen LogP contribution in [-0.4, -0.2) is 18.3 Å². The molecule has 5 saturated carbocycles. The maximum atomic E-state index is 7.04. The van der Waals surface area contributed by atoms with Crippen molar-refractivity contribution in [1.29, 1.82) is 0 Å². The Morgan fingerprint density at radius 3 is 1.78 bits per heavy atom. The molecule has 8 unspecified atom stereocenters. The Morgan fingerprint density at radius 1 is 0.583 bits per heavy atom. The van der Waals surface area contributed by atoms with Gasteiger partial charge in [0.05, 0.1) is 18.3 Å². The highest BCUT2D eigenvalue weighted by atomic mass is 31.2. The van der Waals surface area contributed by atoms with E-state index < -0.39 is 8.60 Å². The minimum absolute atomic E-state index is 0.235. The lowest BCUT2D eigenvalue weighted by Crippen LogP contribution is -2.51. The summed E-state index contributed by atoms with van der Waals surface area (Å²) in [5.41, 5.74) is 1.44. The molecule has 6 aliphatic rings. The predicted octanol–water partition coefficient (Wildman–Crippen LogP) is 9.17. The predicted molar refractivity (Wildman–Crippen MR) is 146 cm³/mol. The third-order valence-electron chi connectivity index (χ3n) is 11.5.